The van der Waals surface area contributed by atoms with E-state index in [4.69, 9.17) is 0 Å². The van der Waals surface area contributed by atoms with Crippen LogP contribution in [0.4, 0.5) is 0 Å². The fourth-order valence-electron chi connectivity index (χ4n) is 2.83. The van der Waals surface area contributed by atoms with Crippen molar-refractivity contribution in [1.82, 2.24) is 4.90 Å². The van der Waals surface area contributed by atoms with Crippen molar-refractivity contribution in [2.24, 2.45) is 0 Å². The Hall–Kier alpha value is -1.62. The zero-order chi connectivity index (χ0) is 16.3. The van der Waals surface area contributed by atoms with Gasteiger partial charge in [0.25, 0.3) is 5.91 Å². The molecule has 5 heteroatoms. The predicted molar refractivity (Wildman–Crippen MR) is 88.0 cm³/mol. The van der Waals surface area contributed by atoms with Crippen molar-refractivity contribution in [3.8, 4) is 0 Å². The van der Waals surface area contributed by atoms with Crippen LogP contribution in [0.5, 0.6) is 0 Å². The minimum absolute atomic E-state index is 0.151. The normalized spacial score (nSPS) is 18.4. The van der Waals surface area contributed by atoms with Gasteiger partial charge in [-0.2, -0.15) is 0 Å². The van der Waals surface area contributed by atoms with E-state index in [0.29, 0.717) is 6.54 Å². The Morgan fingerprint density at radius 2 is 2.09 bits per heavy atom. The molecule has 0 fully saturated rings. The first kappa shape index (κ1) is 16.7. The van der Waals surface area contributed by atoms with Gasteiger partial charge in [0.05, 0.1) is 11.6 Å². The average Bonchev–Trinajstić information content (AvgIpc) is 3.02. The first-order chi connectivity index (χ1) is 10.5. The van der Waals surface area contributed by atoms with E-state index in [2.05, 4.69) is 6.92 Å². The van der Waals surface area contributed by atoms with Gasteiger partial charge in [0, 0.05) is 17.8 Å². The molecule has 2 rings (SSSR count). The molecule has 4 nitrogen and oxygen atoms in total. The molecule has 120 valence electrons. The van der Waals surface area contributed by atoms with Crippen molar-refractivity contribution >= 4 is 23.0 Å². The van der Waals surface area contributed by atoms with Crippen molar-refractivity contribution in [2.75, 3.05) is 6.54 Å². The molecule has 1 aromatic heterocycles. The first-order valence-electron chi connectivity index (χ1n) is 7.84. The van der Waals surface area contributed by atoms with Crippen LogP contribution in [-0.2, 0) is 9.59 Å². The SMILES string of the molecule is CCCCCN1C(=O)C(O)=C(C(=O)CC)C1c1sccc1C. The molecule has 0 aliphatic carbocycles. The van der Waals surface area contributed by atoms with Gasteiger partial charge < -0.3 is 10.0 Å². The molecule has 0 spiro atoms. The fourth-order valence-corrected chi connectivity index (χ4v) is 3.88. The van der Waals surface area contributed by atoms with E-state index < -0.39 is 11.9 Å². The van der Waals surface area contributed by atoms with E-state index in [1.54, 1.807) is 11.8 Å². The second-order valence-electron chi connectivity index (χ2n) is 5.62. The molecule has 2 heterocycles. The molecule has 0 aromatic carbocycles. The number of hydrogen-bond acceptors (Lipinski definition) is 4. The third-order valence-electron chi connectivity index (χ3n) is 4.08. The van der Waals surface area contributed by atoms with Crippen LogP contribution in [0.25, 0.3) is 0 Å². The molecule has 0 saturated carbocycles. The zero-order valence-corrected chi connectivity index (χ0v) is 14.2. The number of aliphatic hydroxyl groups is 1. The average molecular weight is 321 g/mol. The Labute approximate surface area is 135 Å². The first-order valence-corrected chi connectivity index (χ1v) is 8.72. The monoisotopic (exact) mass is 321 g/mol. The van der Waals surface area contributed by atoms with Gasteiger partial charge in [0.2, 0.25) is 0 Å². The van der Waals surface area contributed by atoms with E-state index in [9.17, 15) is 14.7 Å². The van der Waals surface area contributed by atoms with Crippen LogP contribution in [0.1, 0.15) is 56.0 Å². The van der Waals surface area contributed by atoms with Crippen molar-refractivity contribution in [3.05, 3.63) is 33.2 Å². The van der Waals surface area contributed by atoms with Gasteiger partial charge in [0.1, 0.15) is 0 Å². The number of carbonyl (C=O) groups excluding carboxylic acids is 2. The summed E-state index contributed by atoms with van der Waals surface area (Å²) < 4.78 is 0. The summed E-state index contributed by atoms with van der Waals surface area (Å²) in [6, 6.07) is 1.56. The molecular formula is C17H23NO3S. The lowest BCUT2D eigenvalue weighted by Gasteiger charge is -2.26. The maximum atomic E-state index is 12.4. The third-order valence-corrected chi connectivity index (χ3v) is 5.15. The molecule has 1 amide bonds. The Morgan fingerprint density at radius 1 is 1.36 bits per heavy atom. The number of unbranched alkanes of at least 4 members (excludes halogenated alkanes) is 2. The topological polar surface area (TPSA) is 57.6 Å². The summed E-state index contributed by atoms with van der Waals surface area (Å²) in [7, 11) is 0. The number of hydrogen-bond donors (Lipinski definition) is 1. The largest absolute Gasteiger partial charge is 0.503 e. The van der Waals surface area contributed by atoms with Gasteiger partial charge in [-0.15, -0.1) is 11.3 Å². The number of amides is 1. The van der Waals surface area contributed by atoms with Crippen LogP contribution in [0.15, 0.2) is 22.8 Å². The molecular weight excluding hydrogens is 298 g/mol. The predicted octanol–water partition coefficient (Wildman–Crippen LogP) is 3.92. The van der Waals surface area contributed by atoms with E-state index in [1.807, 2.05) is 18.4 Å². The lowest BCUT2D eigenvalue weighted by atomic mass is 9.98. The van der Waals surface area contributed by atoms with Crippen LogP contribution < -0.4 is 0 Å². The standard InChI is InChI=1S/C17H23NO3S/c1-4-6-7-9-18-14(16-11(3)8-10-22-16)13(12(19)5-2)15(20)17(18)21/h8,10,14,20H,4-7,9H2,1-3H3. The minimum atomic E-state index is -0.420. The molecule has 1 aromatic rings. The molecule has 1 aliphatic heterocycles. The number of nitrogens with zero attached hydrogens (tertiary/aromatic N) is 1. The third kappa shape index (κ3) is 2.95. The second-order valence-corrected chi connectivity index (χ2v) is 6.56. The number of rotatable bonds is 7. The number of aryl methyl sites for hydroxylation is 1. The van der Waals surface area contributed by atoms with Crippen molar-refractivity contribution in [1.29, 1.82) is 0 Å². The summed E-state index contributed by atoms with van der Waals surface area (Å²) in [6.07, 6.45) is 3.25. The Balaban J connectivity index is 2.41. The molecule has 1 aliphatic rings. The number of ketones is 1. The quantitative estimate of drug-likeness (QED) is 0.774. The summed E-state index contributed by atoms with van der Waals surface area (Å²) >= 11 is 1.53. The van der Waals surface area contributed by atoms with Crippen LogP contribution >= 0.6 is 11.3 Å². The highest BCUT2D eigenvalue weighted by Gasteiger charge is 2.43. The highest BCUT2D eigenvalue weighted by Crippen LogP contribution is 2.41. The highest BCUT2D eigenvalue weighted by atomic mass is 32.1. The molecule has 1 N–H and O–H groups in total. The second kappa shape index (κ2) is 7.09. The van der Waals surface area contributed by atoms with Crippen LogP contribution in [0, 0.1) is 6.92 Å². The van der Waals surface area contributed by atoms with Crippen molar-refractivity contribution in [2.45, 2.75) is 52.5 Å². The smallest absolute Gasteiger partial charge is 0.290 e. The van der Waals surface area contributed by atoms with Gasteiger partial charge in [-0.1, -0.05) is 26.7 Å². The van der Waals surface area contributed by atoms with E-state index in [1.165, 1.54) is 11.3 Å². The van der Waals surface area contributed by atoms with Crippen LogP contribution in [-0.4, -0.2) is 28.2 Å². The van der Waals surface area contributed by atoms with Crippen LogP contribution in [0.3, 0.4) is 0 Å². The van der Waals surface area contributed by atoms with E-state index in [-0.39, 0.29) is 23.5 Å². The lowest BCUT2D eigenvalue weighted by molar-refractivity contribution is -0.129. The van der Waals surface area contributed by atoms with E-state index in [0.717, 1.165) is 29.7 Å². The highest BCUT2D eigenvalue weighted by molar-refractivity contribution is 7.10. The lowest BCUT2D eigenvalue weighted by Crippen LogP contribution is -2.32. The van der Waals surface area contributed by atoms with Gasteiger partial charge >= 0.3 is 0 Å². The Kier molecular flexibility index (Phi) is 5.40. The van der Waals surface area contributed by atoms with Gasteiger partial charge in [-0.05, 0) is 30.4 Å². The van der Waals surface area contributed by atoms with Gasteiger partial charge in [-0.3, -0.25) is 9.59 Å². The van der Waals surface area contributed by atoms with Crippen LogP contribution in [0.2, 0.25) is 0 Å². The molecule has 1 atom stereocenters. The molecule has 22 heavy (non-hydrogen) atoms. The fraction of sp³-hybridized carbons (Fsp3) is 0.529. The van der Waals surface area contributed by atoms with Gasteiger partial charge in [-0.25, -0.2) is 0 Å². The summed E-state index contributed by atoms with van der Waals surface area (Å²) in [4.78, 5) is 27.3. The maximum Gasteiger partial charge on any atom is 0.290 e. The summed E-state index contributed by atoms with van der Waals surface area (Å²) in [5.41, 5.74) is 1.33. The number of aliphatic hydroxyl groups excluding tert-OH is 1. The number of Topliss-reactive ketones (excluding diaryl/α,β-unsaturated/α-hetero) is 1. The molecule has 1 unspecified atom stereocenters. The minimum Gasteiger partial charge on any atom is -0.503 e. The Morgan fingerprint density at radius 3 is 2.64 bits per heavy atom. The Bertz CT molecular complexity index is 603. The van der Waals surface area contributed by atoms with E-state index >= 15 is 0 Å². The summed E-state index contributed by atoms with van der Waals surface area (Å²) in [6.45, 7) is 6.41. The van der Waals surface area contributed by atoms with Gasteiger partial charge in [0.15, 0.2) is 11.5 Å². The maximum absolute atomic E-state index is 12.4. The summed E-state index contributed by atoms with van der Waals surface area (Å²) in [5, 5.41) is 12.2. The number of thiophene rings is 1. The van der Waals surface area contributed by atoms with Crippen molar-refractivity contribution in [3.63, 3.8) is 0 Å². The van der Waals surface area contributed by atoms with Crippen molar-refractivity contribution < 1.29 is 14.7 Å². The molecule has 0 radical (unpaired) electrons. The molecule has 0 saturated heterocycles. The molecule has 0 bridgehead atoms. The number of carbonyl (C=O) groups is 2. The zero-order valence-electron chi connectivity index (χ0n) is 13.4. The summed E-state index contributed by atoms with van der Waals surface area (Å²) in [5.74, 6) is -0.923.